The number of pyridine rings is 1. The third kappa shape index (κ3) is 3.69. The van der Waals surface area contributed by atoms with E-state index in [1.54, 1.807) is 6.20 Å². The molecule has 4 aromatic rings. The highest BCUT2D eigenvalue weighted by atomic mass is 35.5. The molecule has 1 aliphatic rings. The number of benzene rings is 1. The van der Waals surface area contributed by atoms with Crippen LogP contribution >= 0.6 is 23.4 Å². The zero-order valence-electron chi connectivity index (χ0n) is 16.9. The van der Waals surface area contributed by atoms with E-state index in [4.69, 9.17) is 32.6 Å². The van der Waals surface area contributed by atoms with Crippen LogP contribution in [-0.4, -0.2) is 39.1 Å². The maximum absolute atomic E-state index is 9.07. The first-order valence-electron chi connectivity index (χ1n) is 10.1. The molecule has 1 fully saturated rings. The number of H-pyrrole nitrogens is 1. The molecule has 1 atom stereocenters. The Labute approximate surface area is 188 Å². The van der Waals surface area contributed by atoms with Crippen LogP contribution in [0.4, 0.5) is 5.82 Å². The van der Waals surface area contributed by atoms with Gasteiger partial charge in [-0.05, 0) is 42.8 Å². The van der Waals surface area contributed by atoms with Gasteiger partial charge in [0.2, 0.25) is 0 Å². The van der Waals surface area contributed by atoms with Crippen molar-refractivity contribution in [2.45, 2.75) is 35.9 Å². The SMILES string of the molecule is CCc1[nH]c2nc(Sc3ccc4cc(C#N)cnc4c3)nc(N3CC[C@@H](N)C3)c2c1Cl. The predicted octanol–water partition coefficient (Wildman–Crippen LogP) is 4.28. The normalized spacial score (nSPS) is 16.3. The van der Waals surface area contributed by atoms with Crippen LogP contribution < -0.4 is 10.6 Å². The largest absolute Gasteiger partial charge is 0.354 e. The molecular weight excluding hydrogens is 430 g/mol. The van der Waals surface area contributed by atoms with E-state index in [1.807, 2.05) is 24.3 Å². The molecule has 0 spiro atoms. The van der Waals surface area contributed by atoms with Crippen LogP contribution in [0.1, 0.15) is 24.6 Å². The number of hydrogen-bond donors (Lipinski definition) is 2. The summed E-state index contributed by atoms with van der Waals surface area (Å²) in [6.45, 7) is 3.66. The van der Waals surface area contributed by atoms with Crippen LogP contribution in [0.15, 0.2) is 40.5 Å². The average Bonchev–Trinajstić information content (AvgIpc) is 3.35. The highest BCUT2D eigenvalue weighted by Crippen LogP contribution is 2.37. The van der Waals surface area contributed by atoms with Crippen LogP contribution in [0.2, 0.25) is 5.02 Å². The summed E-state index contributed by atoms with van der Waals surface area (Å²) < 4.78 is 0. The quantitative estimate of drug-likeness (QED) is 0.447. The molecule has 0 saturated carbocycles. The van der Waals surface area contributed by atoms with Crippen LogP contribution in [0.3, 0.4) is 0 Å². The van der Waals surface area contributed by atoms with Gasteiger partial charge in [0, 0.05) is 41.3 Å². The number of nitriles is 1. The number of rotatable bonds is 4. The van der Waals surface area contributed by atoms with E-state index < -0.39 is 0 Å². The molecule has 5 rings (SSSR count). The first kappa shape index (κ1) is 20.1. The molecule has 0 bridgehead atoms. The molecule has 0 radical (unpaired) electrons. The van der Waals surface area contributed by atoms with Gasteiger partial charge in [0.1, 0.15) is 17.5 Å². The Morgan fingerprint density at radius 1 is 1.35 bits per heavy atom. The van der Waals surface area contributed by atoms with Gasteiger partial charge in [0.15, 0.2) is 5.16 Å². The van der Waals surface area contributed by atoms with Gasteiger partial charge in [-0.2, -0.15) is 5.26 Å². The second-order valence-electron chi connectivity index (χ2n) is 7.61. The molecule has 0 unspecified atom stereocenters. The number of halogens is 1. The number of nitrogens with one attached hydrogen (secondary N) is 1. The highest BCUT2D eigenvalue weighted by Gasteiger charge is 2.26. The van der Waals surface area contributed by atoms with E-state index in [0.717, 1.165) is 64.3 Å². The molecule has 0 amide bonds. The Balaban J connectivity index is 1.57. The number of anilines is 1. The standard InChI is InChI=1S/C22H20ClN7S/c1-2-16-19(23)18-20(27-16)28-22(29-21(18)30-6-5-14(25)11-30)31-15-4-3-13-7-12(9-24)10-26-17(13)8-15/h3-4,7-8,10,14H,2,5-6,11,25H2,1H3,(H,27,28,29)/t14-/m1/s1. The van der Waals surface area contributed by atoms with Crippen molar-refractivity contribution in [1.82, 2.24) is 19.9 Å². The molecule has 9 heteroatoms. The maximum atomic E-state index is 9.07. The van der Waals surface area contributed by atoms with Crippen LogP contribution in [0.5, 0.6) is 0 Å². The van der Waals surface area contributed by atoms with Gasteiger partial charge in [0.05, 0.1) is 21.5 Å². The number of nitrogens with zero attached hydrogens (tertiary/aromatic N) is 5. The van der Waals surface area contributed by atoms with E-state index in [0.29, 0.717) is 15.7 Å². The number of fused-ring (bicyclic) bond motifs is 2. The molecular formula is C22H20ClN7S. The van der Waals surface area contributed by atoms with Crippen molar-refractivity contribution in [2.24, 2.45) is 5.73 Å². The zero-order valence-corrected chi connectivity index (χ0v) is 18.5. The molecule has 1 aliphatic heterocycles. The van der Waals surface area contributed by atoms with Gasteiger partial charge in [0.25, 0.3) is 0 Å². The summed E-state index contributed by atoms with van der Waals surface area (Å²) in [6, 6.07) is 10.0. The van der Waals surface area contributed by atoms with Gasteiger partial charge in [-0.15, -0.1) is 0 Å². The van der Waals surface area contributed by atoms with Crippen molar-refractivity contribution in [1.29, 1.82) is 5.26 Å². The molecule has 3 aromatic heterocycles. The molecule has 31 heavy (non-hydrogen) atoms. The van der Waals surface area contributed by atoms with Gasteiger partial charge in [-0.1, -0.05) is 24.6 Å². The summed E-state index contributed by atoms with van der Waals surface area (Å²) in [5, 5.41) is 12.2. The average molecular weight is 450 g/mol. The number of hydrogen-bond acceptors (Lipinski definition) is 7. The minimum atomic E-state index is 0.134. The molecule has 4 heterocycles. The van der Waals surface area contributed by atoms with Crippen LogP contribution in [-0.2, 0) is 6.42 Å². The minimum Gasteiger partial charge on any atom is -0.354 e. The number of aromatic amines is 1. The monoisotopic (exact) mass is 449 g/mol. The van der Waals surface area contributed by atoms with E-state index in [9.17, 15) is 0 Å². The second-order valence-corrected chi connectivity index (χ2v) is 9.03. The Morgan fingerprint density at radius 2 is 2.23 bits per heavy atom. The first-order chi connectivity index (χ1) is 15.1. The number of nitrogens with two attached hydrogens (primary N) is 1. The molecule has 156 valence electrons. The summed E-state index contributed by atoms with van der Waals surface area (Å²) in [5.74, 6) is 0.832. The molecule has 0 aliphatic carbocycles. The zero-order chi connectivity index (χ0) is 21.5. The van der Waals surface area contributed by atoms with Gasteiger partial charge in [-0.3, -0.25) is 4.98 Å². The summed E-state index contributed by atoms with van der Waals surface area (Å²) in [7, 11) is 0. The Hall–Kier alpha value is -2.86. The summed E-state index contributed by atoms with van der Waals surface area (Å²) in [6.07, 6.45) is 3.30. The Morgan fingerprint density at radius 3 is 2.97 bits per heavy atom. The van der Waals surface area contributed by atoms with Gasteiger partial charge < -0.3 is 15.6 Å². The van der Waals surface area contributed by atoms with Crippen LogP contribution in [0.25, 0.3) is 21.9 Å². The van der Waals surface area contributed by atoms with E-state index in [1.165, 1.54) is 11.8 Å². The summed E-state index contributed by atoms with van der Waals surface area (Å²) >= 11 is 8.15. The third-order valence-corrected chi connectivity index (χ3v) is 6.77. The van der Waals surface area contributed by atoms with Crippen LogP contribution in [0, 0.1) is 11.3 Å². The van der Waals surface area contributed by atoms with Crippen molar-refractivity contribution in [3.63, 3.8) is 0 Å². The van der Waals surface area contributed by atoms with E-state index >= 15 is 0 Å². The lowest BCUT2D eigenvalue weighted by Crippen LogP contribution is -2.27. The maximum Gasteiger partial charge on any atom is 0.196 e. The fourth-order valence-corrected chi connectivity index (χ4v) is 5.04. The molecule has 3 N–H and O–H groups in total. The number of aromatic nitrogens is 4. The van der Waals surface area contributed by atoms with Gasteiger partial charge >= 0.3 is 0 Å². The minimum absolute atomic E-state index is 0.134. The lowest BCUT2D eigenvalue weighted by Gasteiger charge is -2.18. The smallest absolute Gasteiger partial charge is 0.196 e. The van der Waals surface area contributed by atoms with E-state index in [-0.39, 0.29) is 6.04 Å². The van der Waals surface area contributed by atoms with Crippen molar-refractivity contribution >= 4 is 51.1 Å². The third-order valence-electron chi connectivity index (χ3n) is 5.49. The predicted molar refractivity (Wildman–Crippen MR) is 124 cm³/mol. The van der Waals surface area contributed by atoms with E-state index in [2.05, 4.69) is 27.9 Å². The fraction of sp³-hybridized carbons (Fsp3) is 0.273. The fourth-order valence-electron chi connectivity index (χ4n) is 3.90. The molecule has 1 aromatic carbocycles. The lowest BCUT2D eigenvalue weighted by atomic mass is 10.2. The lowest BCUT2D eigenvalue weighted by molar-refractivity contribution is 0.751. The van der Waals surface area contributed by atoms with Crippen molar-refractivity contribution in [2.75, 3.05) is 18.0 Å². The Kier molecular flexibility index (Phi) is 5.18. The Bertz CT molecular complexity index is 1340. The topological polar surface area (TPSA) is 108 Å². The first-order valence-corrected chi connectivity index (χ1v) is 11.3. The highest BCUT2D eigenvalue weighted by molar-refractivity contribution is 7.99. The van der Waals surface area contributed by atoms with Crippen molar-refractivity contribution < 1.29 is 0 Å². The van der Waals surface area contributed by atoms with Crippen molar-refractivity contribution in [3.8, 4) is 6.07 Å². The van der Waals surface area contributed by atoms with Crippen molar-refractivity contribution in [3.05, 3.63) is 46.7 Å². The summed E-state index contributed by atoms with van der Waals surface area (Å²) in [4.78, 5) is 20.6. The molecule has 7 nitrogen and oxygen atoms in total. The van der Waals surface area contributed by atoms with Gasteiger partial charge in [-0.25, -0.2) is 9.97 Å². The summed E-state index contributed by atoms with van der Waals surface area (Å²) in [5.41, 5.74) is 9.23. The second kappa shape index (κ2) is 8.00. The number of aryl methyl sites for hydroxylation is 1. The molecule has 1 saturated heterocycles.